The third-order valence-electron chi connectivity index (χ3n) is 6.97. The van der Waals surface area contributed by atoms with Gasteiger partial charge < -0.3 is 14.1 Å². The van der Waals surface area contributed by atoms with E-state index in [0.717, 1.165) is 25.1 Å². The fraction of sp³-hybridized carbons (Fsp3) is 0.407. The number of carbonyl (C=O) groups is 2. The normalized spacial score (nSPS) is 25.1. The smallest absolute Gasteiger partial charge is 0.289 e. The molecule has 0 N–H and O–H groups in total. The highest BCUT2D eigenvalue weighted by Crippen LogP contribution is 2.44. The van der Waals surface area contributed by atoms with Gasteiger partial charge in [0.25, 0.3) is 5.91 Å². The number of Topliss-reactive ketones (excluding diaryl/α,β-unsaturated/α-hetero) is 1. The first-order valence-corrected chi connectivity index (χ1v) is 11.9. The lowest BCUT2D eigenvalue weighted by molar-refractivity contribution is 0.0507. The molecule has 3 heterocycles. The molecule has 0 spiro atoms. The molecule has 1 amide bonds. The van der Waals surface area contributed by atoms with Crippen molar-refractivity contribution in [2.45, 2.75) is 46.1 Å². The van der Waals surface area contributed by atoms with Crippen LogP contribution in [0.1, 0.15) is 65.7 Å². The summed E-state index contributed by atoms with van der Waals surface area (Å²) in [5.74, 6) is 1.61. The van der Waals surface area contributed by atoms with Crippen LogP contribution in [0.5, 0.6) is 5.75 Å². The summed E-state index contributed by atoms with van der Waals surface area (Å²) >= 11 is 6.04. The van der Waals surface area contributed by atoms with Crippen molar-refractivity contribution in [3.8, 4) is 5.75 Å². The van der Waals surface area contributed by atoms with Crippen LogP contribution in [-0.4, -0.2) is 29.7 Å². The molecule has 6 heteroatoms. The number of amides is 1. The molecule has 0 saturated carbocycles. The van der Waals surface area contributed by atoms with E-state index < -0.39 is 5.60 Å². The predicted molar refractivity (Wildman–Crippen MR) is 128 cm³/mol. The lowest BCUT2D eigenvalue weighted by atomic mass is 9.84. The molecule has 5 rings (SSSR count). The van der Waals surface area contributed by atoms with Crippen LogP contribution in [0.2, 0.25) is 5.02 Å². The van der Waals surface area contributed by atoms with Crippen LogP contribution in [0.15, 0.2) is 40.8 Å². The van der Waals surface area contributed by atoms with Crippen LogP contribution < -0.4 is 4.74 Å². The molecular formula is C27H28ClNO4. The topological polar surface area (TPSA) is 59.8 Å². The van der Waals surface area contributed by atoms with Crippen LogP contribution in [-0.2, 0) is 5.60 Å². The molecule has 1 saturated heterocycles. The summed E-state index contributed by atoms with van der Waals surface area (Å²) in [6.45, 7) is 9.56. The van der Waals surface area contributed by atoms with Crippen LogP contribution >= 0.6 is 11.6 Å². The van der Waals surface area contributed by atoms with Crippen LogP contribution in [0.4, 0.5) is 0 Å². The van der Waals surface area contributed by atoms with Crippen molar-refractivity contribution < 1.29 is 18.7 Å². The van der Waals surface area contributed by atoms with Crippen molar-refractivity contribution in [2.24, 2.45) is 11.8 Å². The van der Waals surface area contributed by atoms with E-state index in [4.69, 9.17) is 20.8 Å². The highest BCUT2D eigenvalue weighted by Gasteiger charge is 2.40. The molecule has 3 aromatic rings. The molecule has 2 aliphatic rings. The summed E-state index contributed by atoms with van der Waals surface area (Å²) < 4.78 is 12.4. The van der Waals surface area contributed by atoms with Crippen molar-refractivity contribution in [2.75, 3.05) is 13.1 Å². The van der Waals surface area contributed by atoms with Crippen molar-refractivity contribution in [3.63, 3.8) is 0 Å². The van der Waals surface area contributed by atoms with Crippen molar-refractivity contribution in [1.29, 1.82) is 0 Å². The zero-order chi connectivity index (χ0) is 23.5. The van der Waals surface area contributed by atoms with E-state index in [1.807, 2.05) is 30.9 Å². The molecular weight excluding hydrogens is 438 g/mol. The number of ether oxygens (including phenoxy) is 1. The second-order valence-corrected chi connectivity index (χ2v) is 10.4. The Kier molecular flexibility index (Phi) is 5.28. The second-order valence-electron chi connectivity index (χ2n) is 9.96. The summed E-state index contributed by atoms with van der Waals surface area (Å²) in [6.07, 6.45) is 1.31. The van der Waals surface area contributed by atoms with Gasteiger partial charge in [0.1, 0.15) is 16.9 Å². The number of hydrogen-bond acceptors (Lipinski definition) is 4. The first-order valence-electron chi connectivity index (χ1n) is 11.5. The molecule has 2 aliphatic heterocycles. The van der Waals surface area contributed by atoms with Crippen LogP contribution in [0.3, 0.4) is 0 Å². The average Bonchev–Trinajstić information content (AvgIpc) is 3.09. The maximum Gasteiger partial charge on any atom is 0.289 e. The van der Waals surface area contributed by atoms with Gasteiger partial charge in [-0.3, -0.25) is 9.59 Å². The minimum absolute atomic E-state index is 0.0255. The van der Waals surface area contributed by atoms with Gasteiger partial charge in [-0.25, -0.2) is 0 Å². The van der Waals surface area contributed by atoms with Crippen molar-refractivity contribution >= 4 is 34.3 Å². The van der Waals surface area contributed by atoms with E-state index in [-0.39, 0.29) is 18.1 Å². The number of carbonyl (C=O) groups excluding carboxylic acids is 2. The van der Waals surface area contributed by atoms with Gasteiger partial charge in [0.15, 0.2) is 11.5 Å². The summed E-state index contributed by atoms with van der Waals surface area (Å²) in [7, 11) is 0. The predicted octanol–water partition coefficient (Wildman–Crippen LogP) is 6.39. The van der Waals surface area contributed by atoms with E-state index in [9.17, 15) is 9.59 Å². The molecule has 1 aromatic heterocycles. The molecule has 33 heavy (non-hydrogen) atoms. The number of rotatable bonds is 2. The Morgan fingerprint density at radius 3 is 2.42 bits per heavy atom. The number of piperidine rings is 1. The SMILES string of the molecule is Cc1c(C(=O)N2CC(C)CC(C)C2)oc2ccc3c(c12)C(=O)CC(C)(c1ccc(Cl)cc1)O3. The quantitative estimate of drug-likeness (QED) is 0.439. The Hall–Kier alpha value is -2.79. The number of nitrogens with zero attached hydrogens (tertiary/aromatic N) is 1. The number of furan rings is 1. The third-order valence-corrected chi connectivity index (χ3v) is 7.23. The maximum atomic E-state index is 13.4. The minimum atomic E-state index is -0.793. The zero-order valence-electron chi connectivity index (χ0n) is 19.4. The van der Waals surface area contributed by atoms with Crippen molar-refractivity contribution in [3.05, 3.63) is 63.9 Å². The summed E-state index contributed by atoms with van der Waals surface area (Å²) in [5.41, 5.74) is 1.84. The summed E-state index contributed by atoms with van der Waals surface area (Å²) in [4.78, 5) is 28.7. The van der Waals surface area contributed by atoms with E-state index in [1.165, 1.54) is 0 Å². The molecule has 5 nitrogen and oxygen atoms in total. The number of likely N-dealkylation sites (tertiary alicyclic amines) is 1. The van der Waals surface area contributed by atoms with Crippen LogP contribution in [0, 0.1) is 18.8 Å². The maximum absolute atomic E-state index is 13.4. The standard InChI is InChI=1S/C27H28ClNO4/c1-15-11-16(2)14-29(13-15)26(31)25-17(3)23-21(32-25)9-10-22-24(23)20(30)12-27(4,33-22)18-5-7-19(28)8-6-18/h5-10,15-16H,11-14H2,1-4H3. The van der Waals surface area contributed by atoms with Gasteiger partial charge >= 0.3 is 0 Å². The fourth-order valence-electron chi connectivity index (χ4n) is 5.50. The van der Waals surface area contributed by atoms with Gasteiger partial charge in [-0.05, 0) is 61.9 Å². The van der Waals surface area contributed by atoms with Gasteiger partial charge in [-0.2, -0.15) is 0 Å². The van der Waals surface area contributed by atoms with Gasteiger partial charge in [0.2, 0.25) is 0 Å². The molecule has 0 radical (unpaired) electrons. The average molecular weight is 466 g/mol. The third kappa shape index (κ3) is 3.72. The summed E-state index contributed by atoms with van der Waals surface area (Å²) in [6, 6.07) is 10.9. The van der Waals surface area contributed by atoms with Crippen molar-refractivity contribution in [1.82, 2.24) is 4.90 Å². The van der Waals surface area contributed by atoms with Crippen LogP contribution in [0.25, 0.3) is 11.0 Å². The number of hydrogen-bond donors (Lipinski definition) is 0. The molecule has 3 atom stereocenters. The lowest BCUT2D eigenvalue weighted by Crippen LogP contribution is -2.42. The molecule has 0 aliphatic carbocycles. The summed E-state index contributed by atoms with van der Waals surface area (Å²) in [5, 5.41) is 1.31. The Morgan fingerprint density at radius 2 is 1.76 bits per heavy atom. The molecule has 2 aromatic carbocycles. The van der Waals surface area contributed by atoms with E-state index >= 15 is 0 Å². The second kappa shape index (κ2) is 7.91. The highest BCUT2D eigenvalue weighted by molar-refractivity contribution is 6.30. The molecule has 172 valence electrons. The number of aryl methyl sites for hydroxylation is 1. The minimum Gasteiger partial charge on any atom is -0.482 e. The number of fused-ring (bicyclic) bond motifs is 3. The zero-order valence-corrected chi connectivity index (χ0v) is 20.2. The highest BCUT2D eigenvalue weighted by atomic mass is 35.5. The van der Waals surface area contributed by atoms with E-state index in [2.05, 4.69) is 13.8 Å². The fourth-order valence-corrected chi connectivity index (χ4v) is 5.62. The first kappa shape index (κ1) is 22.0. The largest absolute Gasteiger partial charge is 0.482 e. The molecule has 3 unspecified atom stereocenters. The number of benzene rings is 2. The van der Waals surface area contributed by atoms with Gasteiger partial charge in [-0.1, -0.05) is 37.6 Å². The van der Waals surface area contributed by atoms with E-state index in [0.29, 0.717) is 50.5 Å². The van der Waals surface area contributed by atoms with E-state index in [1.54, 1.807) is 24.3 Å². The monoisotopic (exact) mass is 465 g/mol. The number of halogens is 1. The number of ketones is 1. The Balaban J connectivity index is 1.54. The molecule has 0 bridgehead atoms. The first-order chi connectivity index (χ1) is 15.7. The Bertz CT molecular complexity index is 1250. The van der Waals surface area contributed by atoms with Gasteiger partial charge in [-0.15, -0.1) is 0 Å². The Morgan fingerprint density at radius 1 is 1.09 bits per heavy atom. The van der Waals surface area contributed by atoms with Gasteiger partial charge in [0.05, 0.1) is 12.0 Å². The molecule has 1 fully saturated rings. The Labute approximate surface area is 198 Å². The van der Waals surface area contributed by atoms with Gasteiger partial charge in [0, 0.05) is 29.1 Å². The lowest BCUT2D eigenvalue weighted by Gasteiger charge is -2.35.